The number of hydrogen-bond acceptors (Lipinski definition) is 5. The first-order valence-electron chi connectivity index (χ1n) is 7.42. The van der Waals surface area contributed by atoms with Crippen molar-refractivity contribution in [1.82, 2.24) is 14.9 Å². The summed E-state index contributed by atoms with van der Waals surface area (Å²) in [5.41, 5.74) is 6.81. The molecule has 0 amide bonds. The van der Waals surface area contributed by atoms with Crippen LogP contribution in [0.25, 0.3) is 10.2 Å². The Morgan fingerprint density at radius 1 is 1.48 bits per heavy atom. The molecule has 2 unspecified atom stereocenters. The number of rotatable bonds is 3. The third-order valence-electron chi connectivity index (χ3n) is 4.56. The van der Waals surface area contributed by atoms with E-state index >= 15 is 0 Å². The van der Waals surface area contributed by atoms with Gasteiger partial charge in [0.15, 0.2) is 0 Å². The minimum atomic E-state index is -0.0147. The monoisotopic (exact) mass is 306 g/mol. The number of fused-ring (bicyclic) bond motifs is 1. The van der Waals surface area contributed by atoms with Crippen molar-refractivity contribution in [3.05, 3.63) is 26.6 Å². The Morgan fingerprint density at radius 2 is 2.24 bits per heavy atom. The highest BCUT2D eigenvalue weighted by atomic mass is 32.1. The molecule has 0 bridgehead atoms. The summed E-state index contributed by atoms with van der Waals surface area (Å²) >= 11 is 1.60. The quantitative estimate of drug-likeness (QED) is 0.906. The van der Waals surface area contributed by atoms with E-state index in [1.807, 2.05) is 13.8 Å². The van der Waals surface area contributed by atoms with Crippen molar-refractivity contribution in [1.29, 1.82) is 0 Å². The minimum absolute atomic E-state index is 0.0147. The van der Waals surface area contributed by atoms with Crippen LogP contribution in [-0.2, 0) is 6.54 Å². The van der Waals surface area contributed by atoms with Crippen molar-refractivity contribution < 1.29 is 0 Å². The molecule has 3 N–H and O–H groups in total. The van der Waals surface area contributed by atoms with Gasteiger partial charge in [-0.2, -0.15) is 0 Å². The topological polar surface area (TPSA) is 75.0 Å². The number of nitrogens with zero attached hydrogens (tertiary/aromatic N) is 2. The molecule has 5 nitrogen and oxygen atoms in total. The summed E-state index contributed by atoms with van der Waals surface area (Å²) in [7, 11) is 0. The van der Waals surface area contributed by atoms with Crippen LogP contribution in [0.4, 0.5) is 0 Å². The van der Waals surface area contributed by atoms with Gasteiger partial charge in [0.2, 0.25) is 0 Å². The standard InChI is InChI=1S/C15H22N4OS/c1-8-4-11(5-16)6-19(8)7-12-17-14(20)13-9(2)10(3)21-15(13)18-12/h8,11H,4-7,16H2,1-3H3,(H,17,18,20). The highest BCUT2D eigenvalue weighted by molar-refractivity contribution is 7.18. The van der Waals surface area contributed by atoms with Crippen LogP contribution in [0.5, 0.6) is 0 Å². The first kappa shape index (κ1) is 14.7. The third kappa shape index (κ3) is 2.63. The summed E-state index contributed by atoms with van der Waals surface area (Å²) in [6.07, 6.45) is 1.13. The molecule has 3 rings (SSSR count). The van der Waals surface area contributed by atoms with Gasteiger partial charge in [0.05, 0.1) is 11.9 Å². The highest BCUT2D eigenvalue weighted by Crippen LogP contribution is 2.27. The summed E-state index contributed by atoms with van der Waals surface area (Å²) in [5, 5.41) is 0.746. The summed E-state index contributed by atoms with van der Waals surface area (Å²) in [6.45, 7) is 8.65. The number of H-pyrrole nitrogens is 1. The number of nitrogens with one attached hydrogen (secondary N) is 1. The molecule has 2 atom stereocenters. The molecule has 1 fully saturated rings. The molecule has 0 aromatic carbocycles. The summed E-state index contributed by atoms with van der Waals surface area (Å²) < 4.78 is 0. The van der Waals surface area contributed by atoms with Crippen molar-refractivity contribution in [3.8, 4) is 0 Å². The lowest BCUT2D eigenvalue weighted by Crippen LogP contribution is -2.29. The van der Waals surface area contributed by atoms with Crippen LogP contribution >= 0.6 is 11.3 Å². The number of aromatic nitrogens is 2. The lowest BCUT2D eigenvalue weighted by Gasteiger charge is -2.20. The molecular weight excluding hydrogens is 284 g/mol. The Bertz CT molecular complexity index is 720. The van der Waals surface area contributed by atoms with Gasteiger partial charge in [-0.05, 0) is 45.2 Å². The second kappa shape index (κ2) is 5.51. The fraction of sp³-hybridized carbons (Fsp3) is 0.600. The molecule has 6 heteroatoms. The van der Waals surface area contributed by atoms with Crippen molar-refractivity contribution in [2.75, 3.05) is 13.1 Å². The maximum Gasteiger partial charge on any atom is 0.259 e. The van der Waals surface area contributed by atoms with Crippen LogP contribution in [0.15, 0.2) is 4.79 Å². The molecule has 1 saturated heterocycles. The molecule has 0 aliphatic carbocycles. The molecule has 0 saturated carbocycles. The Labute approximate surface area is 128 Å². The smallest absolute Gasteiger partial charge is 0.259 e. The predicted octanol–water partition coefficient (Wildman–Crippen LogP) is 1.77. The Balaban J connectivity index is 1.90. The first-order chi connectivity index (χ1) is 9.99. The second-order valence-corrected chi connectivity index (χ2v) is 7.30. The van der Waals surface area contributed by atoms with Gasteiger partial charge in [0.1, 0.15) is 10.7 Å². The van der Waals surface area contributed by atoms with Crippen LogP contribution in [0.2, 0.25) is 0 Å². The Kier molecular flexibility index (Phi) is 3.86. The zero-order valence-electron chi connectivity index (χ0n) is 12.8. The zero-order valence-corrected chi connectivity index (χ0v) is 13.6. The molecule has 1 aliphatic rings. The average Bonchev–Trinajstić information content (AvgIpc) is 2.91. The summed E-state index contributed by atoms with van der Waals surface area (Å²) in [6, 6.07) is 0.492. The van der Waals surface area contributed by atoms with E-state index in [9.17, 15) is 4.79 Å². The predicted molar refractivity (Wildman–Crippen MR) is 86.7 cm³/mol. The molecule has 21 heavy (non-hydrogen) atoms. The fourth-order valence-electron chi connectivity index (χ4n) is 3.18. The van der Waals surface area contributed by atoms with Crippen molar-refractivity contribution in [2.24, 2.45) is 11.7 Å². The molecule has 114 valence electrons. The molecule has 3 heterocycles. The minimum Gasteiger partial charge on any atom is -0.330 e. The van der Waals surface area contributed by atoms with Gasteiger partial charge in [-0.3, -0.25) is 9.69 Å². The van der Waals surface area contributed by atoms with E-state index in [2.05, 4.69) is 21.8 Å². The van der Waals surface area contributed by atoms with Gasteiger partial charge in [0, 0.05) is 17.5 Å². The lowest BCUT2D eigenvalue weighted by atomic mass is 10.1. The lowest BCUT2D eigenvalue weighted by molar-refractivity contribution is 0.249. The highest BCUT2D eigenvalue weighted by Gasteiger charge is 2.28. The molecule has 1 aliphatic heterocycles. The van der Waals surface area contributed by atoms with E-state index in [1.54, 1.807) is 11.3 Å². The van der Waals surface area contributed by atoms with E-state index < -0.39 is 0 Å². The summed E-state index contributed by atoms with van der Waals surface area (Å²) in [5.74, 6) is 1.32. The summed E-state index contributed by atoms with van der Waals surface area (Å²) in [4.78, 5) is 24.3. The maximum absolute atomic E-state index is 12.3. The van der Waals surface area contributed by atoms with E-state index in [0.717, 1.165) is 46.0 Å². The van der Waals surface area contributed by atoms with Crippen molar-refractivity contribution >= 4 is 21.6 Å². The normalized spacial score (nSPS) is 23.2. The maximum atomic E-state index is 12.3. The first-order valence-corrected chi connectivity index (χ1v) is 8.24. The van der Waals surface area contributed by atoms with Crippen molar-refractivity contribution in [2.45, 2.75) is 39.8 Å². The second-order valence-electron chi connectivity index (χ2n) is 6.09. The Morgan fingerprint density at radius 3 is 2.90 bits per heavy atom. The van der Waals surface area contributed by atoms with E-state index in [-0.39, 0.29) is 5.56 Å². The van der Waals surface area contributed by atoms with Gasteiger partial charge in [-0.25, -0.2) is 4.98 Å². The molecule has 2 aromatic heterocycles. The van der Waals surface area contributed by atoms with Crippen LogP contribution < -0.4 is 11.3 Å². The van der Waals surface area contributed by atoms with Gasteiger partial charge in [0.25, 0.3) is 5.56 Å². The SMILES string of the molecule is Cc1sc2nc(CN3CC(CN)CC3C)[nH]c(=O)c2c1C. The van der Waals surface area contributed by atoms with E-state index in [4.69, 9.17) is 5.73 Å². The molecule has 0 spiro atoms. The van der Waals surface area contributed by atoms with Gasteiger partial charge in [-0.1, -0.05) is 0 Å². The number of aromatic amines is 1. The fourth-order valence-corrected chi connectivity index (χ4v) is 4.22. The zero-order chi connectivity index (χ0) is 15.1. The van der Waals surface area contributed by atoms with E-state index in [0.29, 0.717) is 18.5 Å². The number of thiophene rings is 1. The number of aryl methyl sites for hydroxylation is 2. The largest absolute Gasteiger partial charge is 0.330 e. The Hall–Kier alpha value is -1.24. The number of likely N-dealkylation sites (tertiary alicyclic amines) is 1. The van der Waals surface area contributed by atoms with E-state index in [1.165, 1.54) is 0 Å². The van der Waals surface area contributed by atoms with Crippen LogP contribution in [0.3, 0.4) is 0 Å². The van der Waals surface area contributed by atoms with Crippen molar-refractivity contribution in [3.63, 3.8) is 0 Å². The van der Waals surface area contributed by atoms with Crippen LogP contribution in [-0.4, -0.2) is 34.0 Å². The average molecular weight is 306 g/mol. The number of nitrogens with two attached hydrogens (primary N) is 1. The molecular formula is C15H22N4OS. The van der Waals surface area contributed by atoms with Gasteiger partial charge in [-0.15, -0.1) is 11.3 Å². The van der Waals surface area contributed by atoms with Crippen LogP contribution in [0.1, 0.15) is 29.6 Å². The number of hydrogen-bond donors (Lipinski definition) is 2. The van der Waals surface area contributed by atoms with Gasteiger partial charge >= 0.3 is 0 Å². The molecule has 0 radical (unpaired) electrons. The van der Waals surface area contributed by atoms with Crippen LogP contribution in [0, 0.1) is 19.8 Å². The molecule has 2 aromatic rings. The van der Waals surface area contributed by atoms with Gasteiger partial charge < -0.3 is 10.7 Å². The third-order valence-corrected chi connectivity index (χ3v) is 5.67.